The van der Waals surface area contributed by atoms with Gasteiger partial charge in [0.1, 0.15) is 0 Å². The van der Waals surface area contributed by atoms with Crippen LogP contribution in [0, 0.1) is 0 Å². The van der Waals surface area contributed by atoms with Crippen LogP contribution in [0.4, 0.5) is 0 Å². The predicted molar refractivity (Wildman–Crippen MR) is 82.9 cm³/mol. The van der Waals surface area contributed by atoms with E-state index in [4.69, 9.17) is 4.74 Å². The molecule has 1 heterocycles. The Bertz CT molecular complexity index is 575. The highest BCUT2D eigenvalue weighted by molar-refractivity contribution is 7.89. The van der Waals surface area contributed by atoms with Crippen LogP contribution in [0.25, 0.3) is 0 Å². The van der Waals surface area contributed by atoms with Gasteiger partial charge in [-0.05, 0) is 38.7 Å². The summed E-state index contributed by atoms with van der Waals surface area (Å²) in [6.07, 6.45) is 4.23. The number of thiophene rings is 1. The van der Waals surface area contributed by atoms with Crippen LogP contribution in [0.15, 0.2) is 16.3 Å². The van der Waals surface area contributed by atoms with Crippen molar-refractivity contribution in [3.05, 3.63) is 16.3 Å². The Balaban J connectivity index is 1.52. The van der Waals surface area contributed by atoms with Crippen LogP contribution < -0.4 is 10.0 Å². The summed E-state index contributed by atoms with van der Waals surface area (Å²) in [4.78, 5) is 1.46. The van der Waals surface area contributed by atoms with Crippen molar-refractivity contribution in [1.29, 1.82) is 0 Å². The van der Waals surface area contributed by atoms with Crippen molar-refractivity contribution >= 4 is 21.4 Å². The number of hydrogen-bond acceptors (Lipinski definition) is 5. The van der Waals surface area contributed by atoms with Crippen LogP contribution in [0.3, 0.4) is 0 Å². The quantitative estimate of drug-likeness (QED) is 0.763. The first kappa shape index (κ1) is 15.4. The maximum atomic E-state index is 12.3. The van der Waals surface area contributed by atoms with Gasteiger partial charge in [-0.3, -0.25) is 0 Å². The van der Waals surface area contributed by atoms with Crippen LogP contribution in [-0.2, 0) is 21.3 Å². The van der Waals surface area contributed by atoms with E-state index in [1.165, 1.54) is 24.2 Å². The molecule has 0 radical (unpaired) electrons. The Morgan fingerprint density at radius 2 is 2.10 bits per heavy atom. The Morgan fingerprint density at radius 3 is 2.76 bits per heavy atom. The number of rotatable bonds is 8. The zero-order valence-corrected chi connectivity index (χ0v) is 13.8. The molecule has 2 saturated carbocycles. The molecule has 1 aromatic rings. The lowest BCUT2D eigenvalue weighted by Gasteiger charge is -2.34. The van der Waals surface area contributed by atoms with Crippen molar-refractivity contribution in [3.8, 4) is 0 Å². The van der Waals surface area contributed by atoms with Gasteiger partial charge < -0.3 is 10.1 Å². The zero-order chi connectivity index (χ0) is 14.9. The van der Waals surface area contributed by atoms with Crippen molar-refractivity contribution in [2.75, 3.05) is 6.61 Å². The summed E-state index contributed by atoms with van der Waals surface area (Å²) in [7, 11) is -3.38. The van der Waals surface area contributed by atoms with Gasteiger partial charge in [-0.15, -0.1) is 11.3 Å². The average Bonchev–Trinajstić information content (AvgIpc) is 3.10. The fraction of sp³-hybridized carbons (Fsp3) is 0.714. The third-order valence-electron chi connectivity index (χ3n) is 3.90. The van der Waals surface area contributed by atoms with E-state index in [2.05, 4.69) is 10.0 Å². The van der Waals surface area contributed by atoms with Crippen LogP contribution in [0.2, 0.25) is 0 Å². The predicted octanol–water partition coefficient (Wildman–Crippen LogP) is 1.85. The molecule has 0 unspecified atom stereocenters. The molecule has 2 aliphatic carbocycles. The second-order valence-corrected chi connectivity index (χ2v) is 8.48. The van der Waals surface area contributed by atoms with Crippen molar-refractivity contribution in [2.45, 2.75) is 62.2 Å². The number of ether oxygens (including phenoxy) is 1. The second-order valence-electron chi connectivity index (χ2n) is 5.77. The van der Waals surface area contributed by atoms with Gasteiger partial charge in [-0.1, -0.05) is 0 Å². The van der Waals surface area contributed by atoms with Gasteiger partial charge in [0.15, 0.2) is 0 Å². The summed E-state index contributed by atoms with van der Waals surface area (Å²) in [6.45, 7) is 3.41. The molecule has 0 saturated heterocycles. The minimum absolute atomic E-state index is 0.0134. The summed E-state index contributed by atoms with van der Waals surface area (Å²) in [5, 5.41) is 5.13. The van der Waals surface area contributed by atoms with Crippen molar-refractivity contribution < 1.29 is 13.2 Å². The smallest absolute Gasteiger partial charge is 0.241 e. The van der Waals surface area contributed by atoms with Gasteiger partial charge in [0, 0.05) is 35.5 Å². The molecule has 0 aliphatic heterocycles. The summed E-state index contributed by atoms with van der Waals surface area (Å²) in [5.41, 5.74) is 0. The molecule has 2 fully saturated rings. The van der Waals surface area contributed by atoms with Crippen LogP contribution in [0.5, 0.6) is 0 Å². The van der Waals surface area contributed by atoms with Gasteiger partial charge in [0.05, 0.1) is 11.0 Å². The minimum Gasteiger partial charge on any atom is -0.378 e. The normalized spacial score (nSPS) is 25.8. The lowest BCUT2D eigenvalue weighted by Crippen LogP contribution is -2.47. The second kappa shape index (κ2) is 6.34. The van der Waals surface area contributed by atoms with Crippen LogP contribution in [-0.4, -0.2) is 33.2 Å². The highest BCUT2D eigenvalue weighted by atomic mass is 32.2. The maximum absolute atomic E-state index is 12.3. The van der Waals surface area contributed by atoms with E-state index in [1.807, 2.05) is 6.92 Å². The topological polar surface area (TPSA) is 67.4 Å². The molecule has 118 valence electrons. The molecule has 0 spiro atoms. The largest absolute Gasteiger partial charge is 0.378 e. The summed E-state index contributed by atoms with van der Waals surface area (Å²) >= 11 is 1.50. The van der Waals surface area contributed by atoms with Crippen LogP contribution in [0.1, 0.15) is 37.5 Å². The van der Waals surface area contributed by atoms with E-state index in [-0.39, 0.29) is 12.1 Å². The lowest BCUT2D eigenvalue weighted by atomic mass is 9.90. The standard InChI is InChI=1S/C14H22N2O3S2/c1-2-19-12-5-11(6-12)16-21(17,18)14-7-13(20-9-14)8-15-10-3-4-10/h7,9-12,15-16H,2-6,8H2,1H3. The molecule has 1 aromatic heterocycles. The molecule has 2 aliphatic rings. The first-order valence-corrected chi connectivity index (χ1v) is 9.88. The lowest BCUT2D eigenvalue weighted by molar-refractivity contribution is -0.00475. The monoisotopic (exact) mass is 330 g/mol. The van der Waals surface area contributed by atoms with Crippen molar-refractivity contribution in [3.63, 3.8) is 0 Å². The Kier molecular flexibility index (Phi) is 4.66. The highest BCUT2D eigenvalue weighted by Crippen LogP contribution is 2.27. The SMILES string of the molecule is CCOC1CC(NS(=O)(=O)c2csc(CNC3CC3)c2)C1. The molecule has 0 aromatic carbocycles. The molecule has 3 rings (SSSR count). The first-order chi connectivity index (χ1) is 10.1. The summed E-state index contributed by atoms with van der Waals surface area (Å²) in [5.74, 6) is 0. The summed E-state index contributed by atoms with van der Waals surface area (Å²) in [6, 6.07) is 2.43. The van der Waals surface area contributed by atoms with E-state index in [1.54, 1.807) is 11.4 Å². The number of sulfonamides is 1. The molecule has 0 atom stereocenters. The van der Waals surface area contributed by atoms with Gasteiger partial charge in [0.25, 0.3) is 0 Å². The maximum Gasteiger partial charge on any atom is 0.241 e. The first-order valence-electron chi connectivity index (χ1n) is 7.51. The molecule has 7 heteroatoms. The van der Waals surface area contributed by atoms with Crippen molar-refractivity contribution in [1.82, 2.24) is 10.0 Å². The molecule has 21 heavy (non-hydrogen) atoms. The Hall–Kier alpha value is -0.470. The third kappa shape index (κ3) is 4.04. The third-order valence-corrected chi connectivity index (χ3v) is 6.49. The molecular formula is C14H22N2O3S2. The average molecular weight is 330 g/mol. The van der Waals surface area contributed by atoms with E-state index < -0.39 is 10.0 Å². The number of nitrogens with one attached hydrogen (secondary N) is 2. The Morgan fingerprint density at radius 1 is 1.33 bits per heavy atom. The van der Waals surface area contributed by atoms with E-state index in [0.29, 0.717) is 17.5 Å². The van der Waals surface area contributed by atoms with Gasteiger partial charge in [0.2, 0.25) is 10.0 Å². The molecule has 0 bridgehead atoms. The minimum atomic E-state index is -3.38. The fourth-order valence-corrected chi connectivity index (χ4v) is 4.94. The van der Waals surface area contributed by atoms with Gasteiger partial charge >= 0.3 is 0 Å². The Labute approximate surface area is 130 Å². The van der Waals surface area contributed by atoms with E-state index >= 15 is 0 Å². The zero-order valence-electron chi connectivity index (χ0n) is 12.2. The molecular weight excluding hydrogens is 308 g/mol. The number of hydrogen-bond donors (Lipinski definition) is 2. The highest BCUT2D eigenvalue weighted by Gasteiger charge is 2.33. The van der Waals surface area contributed by atoms with E-state index in [9.17, 15) is 8.42 Å². The van der Waals surface area contributed by atoms with Gasteiger partial charge in [-0.2, -0.15) is 0 Å². The molecule has 5 nitrogen and oxygen atoms in total. The van der Waals surface area contributed by atoms with Crippen LogP contribution >= 0.6 is 11.3 Å². The summed E-state index contributed by atoms with van der Waals surface area (Å²) < 4.78 is 32.8. The fourth-order valence-electron chi connectivity index (χ4n) is 2.45. The van der Waals surface area contributed by atoms with Crippen molar-refractivity contribution in [2.24, 2.45) is 0 Å². The molecule has 2 N–H and O–H groups in total. The van der Waals surface area contributed by atoms with E-state index in [0.717, 1.165) is 24.3 Å². The molecule has 0 amide bonds. The van der Waals surface area contributed by atoms with Gasteiger partial charge in [-0.25, -0.2) is 13.1 Å².